The van der Waals surface area contributed by atoms with Gasteiger partial charge >= 0.3 is 66.0 Å². The Bertz CT molecular complexity index is 2080. The van der Waals surface area contributed by atoms with Crippen LogP contribution in [0.15, 0.2) is 30.3 Å². The molecule has 0 bridgehead atoms. The van der Waals surface area contributed by atoms with Gasteiger partial charge in [0.1, 0.15) is 62.5 Å². The summed E-state index contributed by atoms with van der Waals surface area (Å²) >= 11 is 0. The fourth-order valence-electron chi connectivity index (χ4n) is 6.01. The number of quaternary nitrogens is 2. The third-order valence-corrected chi connectivity index (χ3v) is 10.8. The van der Waals surface area contributed by atoms with Crippen LogP contribution < -0.4 is 0 Å². The van der Waals surface area contributed by atoms with Crippen molar-refractivity contribution in [2.75, 3.05) is 108 Å². The molecule has 0 spiro atoms. The van der Waals surface area contributed by atoms with Gasteiger partial charge in [-0.15, -0.1) is 0 Å². The highest BCUT2D eigenvalue weighted by Gasteiger charge is 2.44. The number of hydrogen-bond donors (Lipinski definition) is 0. The Labute approximate surface area is 454 Å². The number of rotatable bonds is 33. The molecule has 440 valence electrons. The third kappa shape index (κ3) is 27.3. The Morgan fingerprint density at radius 1 is 0.410 bits per heavy atom. The van der Waals surface area contributed by atoms with E-state index in [0.29, 0.717) is 40.5 Å². The first-order valence-electron chi connectivity index (χ1n) is 24.9. The molecule has 0 N–H and O–H groups in total. The van der Waals surface area contributed by atoms with Crippen LogP contribution in [0.5, 0.6) is 0 Å². The number of nitrogens with zero attached hydrogens (tertiary/aromatic N) is 2. The first kappa shape index (κ1) is 68.9. The van der Waals surface area contributed by atoms with E-state index in [0.717, 1.165) is 13.8 Å². The summed E-state index contributed by atoms with van der Waals surface area (Å²) in [6.07, 6.45) is -7.83. The van der Waals surface area contributed by atoms with Crippen molar-refractivity contribution in [2.45, 2.75) is 106 Å². The van der Waals surface area contributed by atoms with E-state index in [9.17, 15) is 52.7 Å². The molecule has 1 rings (SSSR count). The van der Waals surface area contributed by atoms with Crippen LogP contribution in [0.3, 0.4) is 0 Å². The third-order valence-electron chi connectivity index (χ3n) is 10.8. The lowest BCUT2D eigenvalue weighted by atomic mass is 9.93. The molecule has 1 aromatic rings. The van der Waals surface area contributed by atoms with Crippen LogP contribution >= 0.6 is 0 Å². The monoisotopic (exact) mass is 1120 g/mol. The van der Waals surface area contributed by atoms with E-state index < -0.39 is 146 Å². The molecule has 0 heterocycles. The zero-order valence-electron chi connectivity index (χ0n) is 47.6. The zero-order chi connectivity index (χ0) is 59.7. The standard InChI is InChI=1S/C52H80N2O24/c1-34(77-43(59)36(3)75-38(5)55)41(57)69-28-50(7,45(61)66-25-19-23-53(10,11)12)30-71-48(64)73-32-52(9,47(63)68-27-40-21-17-16-18-22-40)33-74-49(65)72-31-51(8,46(62)67-26-20-24-54(13,14)15)29-70-42(58)35(2)78-44(60)37(4)76-39(6)56/h16-18,21-22,34-37H,19-20,23-33H2,1-15H3/q+2/t34-,35-,36-,37-,50?,51?,52?/m0/s1. The summed E-state index contributed by atoms with van der Waals surface area (Å²) in [5, 5.41) is 0. The molecule has 0 amide bonds. The fourth-order valence-corrected chi connectivity index (χ4v) is 6.01. The molecule has 78 heavy (non-hydrogen) atoms. The number of benzene rings is 1. The number of esters is 9. The summed E-state index contributed by atoms with van der Waals surface area (Å²) in [5.74, 6) is -8.83. The van der Waals surface area contributed by atoms with E-state index in [1.807, 2.05) is 42.3 Å². The van der Waals surface area contributed by atoms with Gasteiger partial charge in [-0.2, -0.15) is 0 Å². The maximum Gasteiger partial charge on any atom is 0.508 e. The highest BCUT2D eigenvalue weighted by atomic mass is 16.7. The van der Waals surface area contributed by atoms with E-state index >= 15 is 0 Å². The second-order valence-electron chi connectivity index (χ2n) is 21.3. The van der Waals surface area contributed by atoms with Gasteiger partial charge in [-0.25, -0.2) is 28.8 Å². The topological polar surface area (TPSA) is 308 Å². The predicted octanol–water partition coefficient (Wildman–Crippen LogP) is 3.19. The van der Waals surface area contributed by atoms with Gasteiger partial charge < -0.3 is 70.5 Å². The van der Waals surface area contributed by atoms with Gasteiger partial charge in [0.05, 0.1) is 68.6 Å². The largest absolute Gasteiger partial charge is 0.508 e. The van der Waals surface area contributed by atoms with Crippen molar-refractivity contribution in [1.82, 2.24) is 0 Å². The van der Waals surface area contributed by atoms with Crippen molar-refractivity contribution in [2.24, 2.45) is 16.2 Å². The summed E-state index contributed by atoms with van der Waals surface area (Å²) in [6, 6.07) is 8.45. The van der Waals surface area contributed by atoms with Crippen LogP contribution in [0, 0.1) is 16.2 Å². The second-order valence-corrected chi connectivity index (χ2v) is 21.3. The summed E-state index contributed by atoms with van der Waals surface area (Å²) in [4.78, 5) is 140. The summed E-state index contributed by atoms with van der Waals surface area (Å²) in [6.45, 7) is 6.57. The number of carbonyl (C=O) groups is 11. The van der Waals surface area contributed by atoms with Crippen LogP contribution in [0.1, 0.15) is 80.7 Å². The summed E-state index contributed by atoms with van der Waals surface area (Å²) in [7, 11) is 11.6. The van der Waals surface area contributed by atoms with Gasteiger partial charge in [0.15, 0.2) is 24.4 Å². The highest BCUT2D eigenvalue weighted by molar-refractivity contribution is 5.84. The van der Waals surface area contributed by atoms with Crippen molar-refractivity contribution >= 4 is 66.0 Å². The summed E-state index contributed by atoms with van der Waals surface area (Å²) < 4.78 is 69.0. The average molecular weight is 1120 g/mol. The zero-order valence-corrected chi connectivity index (χ0v) is 47.6. The highest BCUT2D eigenvalue weighted by Crippen LogP contribution is 2.26. The Kier molecular flexibility index (Phi) is 28.2. The average Bonchev–Trinajstić information content (AvgIpc) is 3.35. The number of carbonyl (C=O) groups excluding carboxylic acids is 11. The maximum absolute atomic E-state index is 13.7. The van der Waals surface area contributed by atoms with Crippen molar-refractivity contribution in [3.8, 4) is 0 Å². The molecule has 0 saturated heterocycles. The van der Waals surface area contributed by atoms with Crippen molar-refractivity contribution in [3.05, 3.63) is 35.9 Å². The van der Waals surface area contributed by atoms with Gasteiger partial charge in [0, 0.05) is 26.7 Å². The Morgan fingerprint density at radius 2 is 0.705 bits per heavy atom. The van der Waals surface area contributed by atoms with E-state index in [-0.39, 0.29) is 19.8 Å². The Morgan fingerprint density at radius 3 is 1.01 bits per heavy atom. The molecule has 0 radical (unpaired) electrons. The van der Waals surface area contributed by atoms with Gasteiger partial charge in [0.2, 0.25) is 0 Å². The van der Waals surface area contributed by atoms with Crippen molar-refractivity contribution < 1.29 is 123 Å². The van der Waals surface area contributed by atoms with E-state index in [4.69, 9.17) is 61.6 Å². The van der Waals surface area contributed by atoms with Crippen molar-refractivity contribution in [1.29, 1.82) is 0 Å². The Hall–Kier alpha value is -7.09. The van der Waals surface area contributed by atoms with E-state index in [1.165, 1.54) is 48.5 Å². The molecule has 0 aliphatic heterocycles. The molecular weight excluding hydrogens is 1040 g/mol. The molecule has 26 nitrogen and oxygen atoms in total. The van der Waals surface area contributed by atoms with Gasteiger partial charge in [-0.3, -0.25) is 24.0 Å². The SMILES string of the molecule is CC(=O)O[C@@H](C)C(=O)O[C@@H](C)C(=O)OCC(C)(COC(=O)OCC(C)(COC(=O)OCC(C)(COC(=O)[C@H](C)OC(=O)[C@H](C)OC(C)=O)C(=O)OCCC[N+](C)(C)C)C(=O)OCc1ccccc1)C(=O)OCCC[N+](C)(C)C. The van der Waals surface area contributed by atoms with Crippen LogP contribution in [-0.2, 0) is 111 Å². The summed E-state index contributed by atoms with van der Waals surface area (Å²) in [5.41, 5.74) is -5.23. The molecule has 0 aromatic heterocycles. The molecule has 0 aliphatic carbocycles. The van der Waals surface area contributed by atoms with E-state index in [2.05, 4.69) is 0 Å². The van der Waals surface area contributed by atoms with Crippen LogP contribution in [0.2, 0.25) is 0 Å². The quantitative estimate of drug-likeness (QED) is 0.0422. The lowest BCUT2D eigenvalue weighted by Gasteiger charge is -2.29. The lowest BCUT2D eigenvalue weighted by Crippen LogP contribution is -2.44. The fraction of sp³-hybridized carbons (Fsp3) is 0.673. The molecule has 2 unspecified atom stereocenters. The molecule has 6 atom stereocenters. The lowest BCUT2D eigenvalue weighted by molar-refractivity contribution is -0.870. The predicted molar refractivity (Wildman–Crippen MR) is 268 cm³/mol. The number of ether oxygens (including phenoxy) is 13. The number of hydrogen-bond acceptors (Lipinski definition) is 24. The maximum atomic E-state index is 13.7. The van der Waals surface area contributed by atoms with Crippen LogP contribution in [0.25, 0.3) is 0 Å². The molecule has 0 fully saturated rings. The molecule has 0 aliphatic rings. The van der Waals surface area contributed by atoms with Gasteiger partial charge in [-0.05, 0) is 54.0 Å². The normalized spacial score (nSPS) is 15.2. The van der Waals surface area contributed by atoms with Gasteiger partial charge in [0.25, 0.3) is 0 Å². The van der Waals surface area contributed by atoms with Crippen molar-refractivity contribution in [3.63, 3.8) is 0 Å². The first-order chi connectivity index (χ1) is 36.0. The minimum absolute atomic E-state index is 0.0667. The minimum atomic E-state index is -2.00. The van der Waals surface area contributed by atoms with E-state index in [1.54, 1.807) is 30.3 Å². The van der Waals surface area contributed by atoms with Crippen LogP contribution in [0.4, 0.5) is 9.59 Å². The van der Waals surface area contributed by atoms with Crippen LogP contribution in [-0.4, -0.2) is 208 Å². The minimum Gasteiger partial charge on any atom is -0.465 e. The molecular formula is C52H80N2O24+2. The molecule has 1 aromatic carbocycles. The first-order valence-corrected chi connectivity index (χ1v) is 24.9. The smallest absolute Gasteiger partial charge is 0.465 e. The van der Waals surface area contributed by atoms with Gasteiger partial charge in [-0.1, -0.05) is 30.3 Å². The Balaban J connectivity index is 3.31. The second kappa shape index (κ2) is 32.0. The molecule has 26 heteroatoms. The molecule has 0 saturated carbocycles.